The number of piperazine rings is 1. The van der Waals surface area contributed by atoms with E-state index in [1.165, 1.54) is 22.5 Å². The highest BCUT2D eigenvalue weighted by molar-refractivity contribution is 7.89. The van der Waals surface area contributed by atoms with Crippen LogP contribution in [0.25, 0.3) is 11.3 Å². The van der Waals surface area contributed by atoms with Crippen LogP contribution in [0.5, 0.6) is 5.75 Å². The molecule has 2 heterocycles. The first-order valence-corrected chi connectivity index (χ1v) is 11.8. The van der Waals surface area contributed by atoms with Crippen LogP contribution in [0.4, 0.5) is 5.82 Å². The predicted molar refractivity (Wildman–Crippen MR) is 121 cm³/mol. The number of halogens is 2. The zero-order chi connectivity index (χ0) is 22.0. The van der Waals surface area contributed by atoms with E-state index < -0.39 is 10.0 Å². The first-order valence-electron chi connectivity index (χ1n) is 9.57. The molecule has 0 amide bonds. The number of hydrogen-bond donors (Lipinski definition) is 0. The van der Waals surface area contributed by atoms with Gasteiger partial charge in [-0.25, -0.2) is 8.42 Å². The fourth-order valence-electron chi connectivity index (χ4n) is 3.44. The quantitative estimate of drug-likeness (QED) is 0.552. The minimum absolute atomic E-state index is 0.135. The Morgan fingerprint density at radius 3 is 2.29 bits per heavy atom. The van der Waals surface area contributed by atoms with Crippen LogP contribution in [0.1, 0.15) is 0 Å². The van der Waals surface area contributed by atoms with Crippen molar-refractivity contribution < 1.29 is 13.2 Å². The normalized spacial score (nSPS) is 15.1. The van der Waals surface area contributed by atoms with Gasteiger partial charge in [-0.15, -0.1) is 10.2 Å². The molecule has 162 valence electrons. The minimum atomic E-state index is -3.64. The predicted octanol–water partition coefficient (Wildman–Crippen LogP) is 3.97. The van der Waals surface area contributed by atoms with Crippen molar-refractivity contribution in [1.82, 2.24) is 14.5 Å². The number of rotatable bonds is 5. The molecule has 3 aromatic rings. The molecular weight excluding hydrogens is 459 g/mol. The van der Waals surface area contributed by atoms with Crippen molar-refractivity contribution in [2.24, 2.45) is 0 Å². The van der Waals surface area contributed by atoms with Crippen molar-refractivity contribution in [3.05, 3.63) is 64.6 Å². The molecule has 0 N–H and O–H groups in total. The number of nitrogens with zero attached hydrogens (tertiary/aromatic N) is 4. The summed E-state index contributed by atoms with van der Waals surface area (Å²) in [6, 6.07) is 15.7. The van der Waals surface area contributed by atoms with Gasteiger partial charge in [0.25, 0.3) is 0 Å². The number of hydrogen-bond acceptors (Lipinski definition) is 6. The Morgan fingerprint density at radius 2 is 1.65 bits per heavy atom. The molecule has 31 heavy (non-hydrogen) atoms. The molecule has 0 radical (unpaired) electrons. The molecule has 1 fully saturated rings. The molecule has 0 unspecified atom stereocenters. The molecule has 0 spiro atoms. The number of anilines is 1. The molecule has 4 rings (SSSR count). The van der Waals surface area contributed by atoms with E-state index in [1.807, 2.05) is 41.3 Å². The van der Waals surface area contributed by atoms with Crippen molar-refractivity contribution in [3.8, 4) is 17.0 Å². The van der Waals surface area contributed by atoms with E-state index in [2.05, 4.69) is 10.2 Å². The van der Waals surface area contributed by atoms with Crippen molar-refractivity contribution in [2.45, 2.75) is 4.90 Å². The molecule has 0 saturated carbocycles. The van der Waals surface area contributed by atoms with Crippen molar-refractivity contribution in [2.75, 3.05) is 38.2 Å². The number of ether oxygens (including phenoxy) is 1. The van der Waals surface area contributed by atoms with E-state index in [0.717, 1.165) is 11.3 Å². The molecular formula is C21H20Cl2N4O3S. The fourth-order valence-corrected chi connectivity index (χ4v) is 5.25. The zero-order valence-corrected chi connectivity index (χ0v) is 19.0. The summed E-state index contributed by atoms with van der Waals surface area (Å²) in [4.78, 5) is 2.15. The summed E-state index contributed by atoms with van der Waals surface area (Å²) in [5.74, 6) is 1.43. The Labute approximate surface area is 191 Å². The Balaban J connectivity index is 1.45. The molecule has 1 aliphatic heterocycles. The number of para-hydroxylation sites is 1. The van der Waals surface area contributed by atoms with E-state index in [1.54, 1.807) is 7.11 Å². The molecule has 2 aromatic carbocycles. The Kier molecular flexibility index (Phi) is 6.34. The number of aromatic nitrogens is 2. The minimum Gasteiger partial charge on any atom is -0.496 e. The molecule has 0 bridgehead atoms. The van der Waals surface area contributed by atoms with E-state index in [0.29, 0.717) is 42.7 Å². The van der Waals surface area contributed by atoms with Gasteiger partial charge in [0.15, 0.2) is 5.82 Å². The molecule has 0 atom stereocenters. The second kappa shape index (κ2) is 9.00. The highest BCUT2D eigenvalue weighted by Gasteiger charge is 2.29. The van der Waals surface area contributed by atoms with Gasteiger partial charge in [0.2, 0.25) is 10.0 Å². The average Bonchev–Trinajstić information content (AvgIpc) is 2.81. The average molecular weight is 479 g/mol. The number of sulfonamides is 1. The molecule has 10 heteroatoms. The Hall–Kier alpha value is -2.39. The van der Waals surface area contributed by atoms with Gasteiger partial charge in [-0.3, -0.25) is 0 Å². The summed E-state index contributed by atoms with van der Waals surface area (Å²) in [6.45, 7) is 1.67. The Bertz CT molecular complexity index is 1180. The Morgan fingerprint density at radius 1 is 0.903 bits per heavy atom. The third kappa shape index (κ3) is 4.48. The van der Waals surface area contributed by atoms with Crippen LogP contribution in [-0.2, 0) is 10.0 Å². The van der Waals surface area contributed by atoms with Gasteiger partial charge in [0.1, 0.15) is 5.75 Å². The van der Waals surface area contributed by atoms with E-state index >= 15 is 0 Å². The first kappa shape index (κ1) is 21.8. The summed E-state index contributed by atoms with van der Waals surface area (Å²) in [5.41, 5.74) is 1.57. The largest absolute Gasteiger partial charge is 0.496 e. The SMILES string of the molecule is COc1ccccc1-c1ccc(N2CCN(S(=O)(=O)c3ccc(Cl)c(Cl)c3)CC2)nn1. The topological polar surface area (TPSA) is 75.6 Å². The monoisotopic (exact) mass is 478 g/mol. The first-order chi connectivity index (χ1) is 14.9. The molecule has 1 saturated heterocycles. The van der Waals surface area contributed by atoms with Crippen LogP contribution >= 0.6 is 23.2 Å². The third-order valence-electron chi connectivity index (χ3n) is 5.12. The zero-order valence-electron chi connectivity index (χ0n) is 16.7. The molecule has 1 aliphatic rings. The van der Waals surface area contributed by atoms with Gasteiger partial charge < -0.3 is 9.64 Å². The number of methoxy groups -OCH3 is 1. The lowest BCUT2D eigenvalue weighted by molar-refractivity contribution is 0.383. The third-order valence-corrected chi connectivity index (χ3v) is 7.76. The van der Waals surface area contributed by atoms with Crippen molar-refractivity contribution in [1.29, 1.82) is 0 Å². The van der Waals surface area contributed by atoms with E-state index in [4.69, 9.17) is 27.9 Å². The fraction of sp³-hybridized carbons (Fsp3) is 0.238. The van der Waals surface area contributed by atoms with Gasteiger partial charge in [-0.05, 0) is 42.5 Å². The second-order valence-electron chi connectivity index (χ2n) is 6.94. The lowest BCUT2D eigenvalue weighted by Crippen LogP contribution is -2.49. The van der Waals surface area contributed by atoms with Gasteiger partial charge in [-0.1, -0.05) is 35.3 Å². The molecule has 7 nitrogen and oxygen atoms in total. The second-order valence-corrected chi connectivity index (χ2v) is 9.70. The van der Waals surface area contributed by atoms with Crippen LogP contribution in [0.3, 0.4) is 0 Å². The summed E-state index contributed by atoms with van der Waals surface area (Å²) in [6.07, 6.45) is 0. The summed E-state index contributed by atoms with van der Waals surface area (Å²) in [7, 11) is -2.03. The lowest BCUT2D eigenvalue weighted by Gasteiger charge is -2.34. The van der Waals surface area contributed by atoms with E-state index in [-0.39, 0.29) is 9.92 Å². The highest BCUT2D eigenvalue weighted by atomic mass is 35.5. The smallest absolute Gasteiger partial charge is 0.243 e. The summed E-state index contributed by atoms with van der Waals surface area (Å²) >= 11 is 11.9. The van der Waals surface area contributed by atoms with Gasteiger partial charge in [-0.2, -0.15) is 4.31 Å². The van der Waals surface area contributed by atoms with Gasteiger partial charge in [0.05, 0.1) is 27.7 Å². The maximum absolute atomic E-state index is 12.9. The van der Waals surface area contributed by atoms with Gasteiger partial charge >= 0.3 is 0 Å². The van der Waals surface area contributed by atoms with Crippen LogP contribution in [0, 0.1) is 0 Å². The van der Waals surface area contributed by atoms with Crippen LogP contribution in [-0.4, -0.2) is 56.2 Å². The van der Waals surface area contributed by atoms with Crippen LogP contribution in [0.15, 0.2) is 59.5 Å². The summed E-state index contributed by atoms with van der Waals surface area (Å²) in [5, 5.41) is 9.21. The van der Waals surface area contributed by atoms with E-state index in [9.17, 15) is 8.42 Å². The standard InChI is InChI=1S/C21H20Cl2N4O3S/c1-30-20-5-3-2-4-16(20)19-8-9-21(25-24-19)26-10-12-27(13-11-26)31(28,29)15-6-7-17(22)18(23)14-15/h2-9,14H,10-13H2,1H3. The maximum Gasteiger partial charge on any atom is 0.243 e. The summed E-state index contributed by atoms with van der Waals surface area (Å²) < 4.78 is 32.7. The van der Waals surface area contributed by atoms with Gasteiger partial charge in [0, 0.05) is 31.7 Å². The lowest BCUT2D eigenvalue weighted by atomic mass is 10.1. The van der Waals surface area contributed by atoms with Crippen molar-refractivity contribution >= 4 is 39.0 Å². The van der Waals surface area contributed by atoms with Crippen LogP contribution in [0.2, 0.25) is 10.0 Å². The van der Waals surface area contributed by atoms with Crippen molar-refractivity contribution in [3.63, 3.8) is 0 Å². The molecule has 1 aromatic heterocycles. The molecule has 0 aliphatic carbocycles. The highest BCUT2D eigenvalue weighted by Crippen LogP contribution is 2.29. The number of benzene rings is 2. The maximum atomic E-state index is 12.9. The van der Waals surface area contributed by atoms with Crippen LogP contribution < -0.4 is 9.64 Å².